The number of benzene rings is 3. The van der Waals surface area contributed by atoms with E-state index in [4.69, 9.17) is 32.9 Å². The van der Waals surface area contributed by atoms with Crippen molar-refractivity contribution < 1.29 is 9.53 Å². The zero-order valence-electron chi connectivity index (χ0n) is 22.0. The lowest BCUT2D eigenvalue weighted by Crippen LogP contribution is -2.28. The molecule has 0 unspecified atom stereocenters. The van der Waals surface area contributed by atoms with E-state index in [1.165, 1.54) is 0 Å². The minimum atomic E-state index is -0.317. The summed E-state index contributed by atoms with van der Waals surface area (Å²) in [5.41, 5.74) is 5.58. The van der Waals surface area contributed by atoms with Gasteiger partial charge in [0, 0.05) is 29.3 Å². The highest BCUT2D eigenvalue weighted by molar-refractivity contribution is 6.34. The molecule has 0 radical (unpaired) electrons. The summed E-state index contributed by atoms with van der Waals surface area (Å²) in [5.74, 6) is 0.487. The second-order valence-electron chi connectivity index (χ2n) is 9.44. The molecule has 8 heteroatoms. The monoisotopic (exact) mass is 570 g/mol. The van der Waals surface area contributed by atoms with Gasteiger partial charge in [0.15, 0.2) is 5.75 Å². The molecule has 6 nitrogen and oxygen atoms in total. The maximum Gasteiger partial charge on any atom is 0.258 e. The number of hydrogen-bond donors (Lipinski definition) is 2. The summed E-state index contributed by atoms with van der Waals surface area (Å²) in [7, 11) is 0. The number of carbonyl (C=O) groups is 1. The van der Waals surface area contributed by atoms with Gasteiger partial charge in [-0.05, 0) is 60.4 Å². The van der Waals surface area contributed by atoms with Crippen molar-refractivity contribution in [2.75, 3.05) is 11.9 Å². The molecule has 0 spiro atoms. The van der Waals surface area contributed by atoms with Crippen LogP contribution in [-0.4, -0.2) is 22.4 Å². The van der Waals surface area contributed by atoms with Gasteiger partial charge < -0.3 is 15.4 Å². The lowest BCUT2D eigenvalue weighted by Gasteiger charge is -2.18. The van der Waals surface area contributed by atoms with Crippen LogP contribution in [0.2, 0.25) is 10.0 Å². The molecule has 5 aromatic rings. The summed E-state index contributed by atoms with van der Waals surface area (Å²) in [4.78, 5) is 23.1. The Morgan fingerprint density at radius 2 is 1.65 bits per heavy atom. The first kappa shape index (κ1) is 27.4. The summed E-state index contributed by atoms with van der Waals surface area (Å²) in [6.45, 7) is 3.17. The fourth-order valence-corrected chi connectivity index (χ4v) is 5.02. The third-order valence-electron chi connectivity index (χ3n) is 6.31. The minimum absolute atomic E-state index is 0.273. The van der Waals surface area contributed by atoms with Gasteiger partial charge >= 0.3 is 0 Å². The van der Waals surface area contributed by atoms with Crippen molar-refractivity contribution in [3.63, 3.8) is 0 Å². The van der Waals surface area contributed by atoms with Crippen molar-refractivity contribution in [3.05, 3.63) is 129 Å². The summed E-state index contributed by atoms with van der Waals surface area (Å²) < 4.78 is 6.33. The maximum absolute atomic E-state index is 13.8. The molecule has 0 aliphatic rings. The van der Waals surface area contributed by atoms with Crippen molar-refractivity contribution in [2.45, 2.75) is 26.5 Å². The predicted molar refractivity (Wildman–Crippen MR) is 161 cm³/mol. The second-order valence-corrected chi connectivity index (χ2v) is 10.3. The van der Waals surface area contributed by atoms with Gasteiger partial charge in [-0.1, -0.05) is 83.4 Å². The van der Waals surface area contributed by atoms with Gasteiger partial charge in [-0.3, -0.25) is 9.78 Å². The lowest BCUT2D eigenvalue weighted by molar-refractivity contribution is 0.0950. The molecule has 0 saturated carbocycles. The van der Waals surface area contributed by atoms with Gasteiger partial charge in [0.05, 0.1) is 5.52 Å². The fraction of sp³-hybridized carbons (Fsp3) is 0.156. The lowest BCUT2D eigenvalue weighted by atomic mass is 10.1. The average molecular weight is 572 g/mol. The number of ether oxygens (including phenoxy) is 1. The van der Waals surface area contributed by atoms with Gasteiger partial charge in [-0.25, -0.2) is 4.98 Å². The summed E-state index contributed by atoms with van der Waals surface area (Å²) in [5, 5.41) is 7.51. The smallest absolute Gasteiger partial charge is 0.258 e. The van der Waals surface area contributed by atoms with E-state index in [1.54, 1.807) is 12.3 Å². The summed E-state index contributed by atoms with van der Waals surface area (Å²) in [6, 6.07) is 27.0. The Kier molecular flexibility index (Phi) is 8.79. The second kappa shape index (κ2) is 12.8. The van der Waals surface area contributed by atoms with Crippen LogP contribution in [0.5, 0.6) is 5.75 Å². The molecule has 3 aromatic carbocycles. The zero-order valence-corrected chi connectivity index (χ0v) is 23.5. The third-order valence-corrected chi connectivity index (χ3v) is 6.75. The number of aromatic nitrogens is 2. The number of aryl methyl sites for hydroxylation is 1. The molecule has 0 atom stereocenters. The number of anilines is 1. The van der Waals surface area contributed by atoms with Crippen LogP contribution in [0.4, 0.5) is 5.82 Å². The molecular weight excluding hydrogens is 543 g/mol. The maximum atomic E-state index is 13.8. The predicted octanol–water partition coefficient (Wildman–Crippen LogP) is 7.41. The molecule has 5 rings (SSSR count). The molecule has 0 fully saturated rings. The quantitative estimate of drug-likeness (QED) is 0.183. The van der Waals surface area contributed by atoms with Crippen LogP contribution in [0.3, 0.4) is 0 Å². The summed E-state index contributed by atoms with van der Waals surface area (Å²) in [6.07, 6.45) is 2.22. The van der Waals surface area contributed by atoms with E-state index < -0.39 is 0 Å². The molecule has 0 aliphatic carbocycles. The number of halogens is 2. The van der Waals surface area contributed by atoms with Crippen molar-refractivity contribution in [2.24, 2.45) is 0 Å². The molecule has 2 N–H and O–H groups in total. The molecule has 0 saturated heterocycles. The van der Waals surface area contributed by atoms with Crippen LogP contribution < -0.4 is 15.4 Å². The Balaban J connectivity index is 1.48. The molecule has 1 amide bonds. The highest BCUT2D eigenvalue weighted by atomic mass is 35.5. The number of fused-ring (bicyclic) bond motifs is 1. The van der Waals surface area contributed by atoms with Crippen molar-refractivity contribution >= 4 is 46.0 Å². The highest BCUT2D eigenvalue weighted by Gasteiger charge is 2.24. The third kappa shape index (κ3) is 6.89. The largest absolute Gasteiger partial charge is 0.486 e. The first-order chi connectivity index (χ1) is 19.5. The number of nitrogens with one attached hydrogen (secondary N) is 2. The van der Waals surface area contributed by atoms with Crippen LogP contribution in [0.1, 0.15) is 32.6 Å². The topological polar surface area (TPSA) is 76.1 Å². The Morgan fingerprint density at radius 1 is 0.875 bits per heavy atom. The highest BCUT2D eigenvalue weighted by Crippen LogP contribution is 2.33. The Hall–Kier alpha value is -4.13. The average Bonchev–Trinajstić information content (AvgIpc) is 2.94. The number of carbonyl (C=O) groups excluding carboxylic acids is 1. The Labute approximate surface area is 243 Å². The van der Waals surface area contributed by atoms with Crippen molar-refractivity contribution in [1.82, 2.24) is 15.3 Å². The molecule has 202 valence electrons. The van der Waals surface area contributed by atoms with E-state index in [2.05, 4.69) is 21.7 Å². The Morgan fingerprint density at radius 3 is 2.42 bits per heavy atom. The van der Waals surface area contributed by atoms with E-state index >= 15 is 0 Å². The molecule has 2 aromatic heterocycles. The van der Waals surface area contributed by atoms with Gasteiger partial charge in [0.1, 0.15) is 23.5 Å². The fourth-order valence-electron chi connectivity index (χ4n) is 4.45. The first-order valence-corrected chi connectivity index (χ1v) is 13.7. The van der Waals surface area contributed by atoms with Crippen molar-refractivity contribution in [1.29, 1.82) is 0 Å². The van der Waals surface area contributed by atoms with E-state index in [9.17, 15) is 4.79 Å². The molecule has 2 heterocycles. The van der Waals surface area contributed by atoms with E-state index in [1.807, 2.05) is 79.7 Å². The number of rotatable bonds is 10. The SMILES string of the molecule is Cc1cccc(CNc2nc3cccnc3c(OCc3ccccc3)c2C(=O)NCCc2cc(Cl)cc(Cl)c2)c1. The van der Waals surface area contributed by atoms with Crippen LogP contribution in [0, 0.1) is 6.92 Å². The van der Waals surface area contributed by atoms with Gasteiger partial charge in [0.2, 0.25) is 0 Å². The van der Waals surface area contributed by atoms with Crippen LogP contribution >= 0.6 is 23.2 Å². The van der Waals surface area contributed by atoms with Crippen LogP contribution in [0.25, 0.3) is 11.0 Å². The molecule has 0 bridgehead atoms. The van der Waals surface area contributed by atoms with Crippen molar-refractivity contribution in [3.8, 4) is 5.75 Å². The summed E-state index contributed by atoms with van der Waals surface area (Å²) >= 11 is 12.3. The van der Waals surface area contributed by atoms with Crippen LogP contribution in [0.15, 0.2) is 91.1 Å². The number of nitrogens with zero attached hydrogens (tertiary/aromatic N) is 2. The van der Waals surface area contributed by atoms with E-state index in [0.29, 0.717) is 57.7 Å². The number of hydrogen-bond acceptors (Lipinski definition) is 5. The number of amides is 1. The first-order valence-electron chi connectivity index (χ1n) is 12.9. The Bertz CT molecular complexity index is 1620. The zero-order chi connectivity index (χ0) is 27.9. The standard InChI is InChI=1S/C32H28Cl2N4O2/c1-21-7-5-10-24(15-21)19-37-31-28(32(39)36-14-12-23-16-25(33)18-26(34)17-23)30(29-27(38-31)11-6-13-35-29)40-20-22-8-3-2-4-9-22/h2-11,13,15-18H,12,14,19-20H2,1H3,(H,36,39)(H,37,38). The molecular formula is C32H28Cl2N4O2. The van der Waals surface area contributed by atoms with E-state index in [-0.39, 0.29) is 12.5 Å². The van der Waals surface area contributed by atoms with Crippen LogP contribution in [-0.2, 0) is 19.6 Å². The number of pyridine rings is 2. The molecule has 40 heavy (non-hydrogen) atoms. The molecule has 0 aliphatic heterocycles. The minimum Gasteiger partial charge on any atom is -0.486 e. The normalized spacial score (nSPS) is 10.9. The van der Waals surface area contributed by atoms with Gasteiger partial charge in [-0.15, -0.1) is 0 Å². The van der Waals surface area contributed by atoms with E-state index in [0.717, 1.165) is 22.3 Å². The van der Waals surface area contributed by atoms with Gasteiger partial charge in [0.25, 0.3) is 5.91 Å². The van der Waals surface area contributed by atoms with Gasteiger partial charge in [-0.2, -0.15) is 0 Å².